The van der Waals surface area contributed by atoms with Crippen molar-refractivity contribution in [2.45, 2.75) is 64.2 Å². The van der Waals surface area contributed by atoms with Gasteiger partial charge in [-0.15, -0.1) is 0 Å². The number of alkyl halides is 2. The lowest BCUT2D eigenvalue weighted by Crippen LogP contribution is -2.50. The van der Waals surface area contributed by atoms with E-state index in [1.807, 2.05) is 0 Å². The lowest BCUT2D eigenvalue weighted by molar-refractivity contribution is -0.106. The zero-order valence-corrected chi connectivity index (χ0v) is 14.7. The normalized spacial score (nSPS) is 38.2. The average molecular weight is 333 g/mol. The van der Waals surface area contributed by atoms with Crippen LogP contribution < -0.4 is 4.74 Å². The molecule has 0 spiro atoms. The number of methoxy groups -OCH3 is 1. The Hall–Kier alpha value is -1.12. The van der Waals surface area contributed by atoms with Gasteiger partial charge >= 0.3 is 0 Å². The third kappa shape index (κ3) is 2.38. The van der Waals surface area contributed by atoms with Crippen LogP contribution in [0.5, 0.6) is 5.75 Å². The van der Waals surface area contributed by atoms with Crippen LogP contribution in [0.2, 0.25) is 0 Å². The molecule has 131 valence electrons. The van der Waals surface area contributed by atoms with Gasteiger partial charge in [0.05, 0.1) is 7.11 Å². The van der Waals surface area contributed by atoms with E-state index in [2.05, 4.69) is 25.1 Å². The molecule has 3 heteroatoms. The Kier molecular flexibility index (Phi) is 4.09. The van der Waals surface area contributed by atoms with Crippen molar-refractivity contribution >= 4 is 0 Å². The number of halogens is 2. The first-order valence-electron chi connectivity index (χ1n) is 9.41. The van der Waals surface area contributed by atoms with E-state index in [-0.39, 0.29) is 5.41 Å². The van der Waals surface area contributed by atoms with Gasteiger partial charge in [-0.3, -0.25) is 0 Å². The minimum absolute atomic E-state index is 0.171. The smallest absolute Gasteiger partial charge is 0.241 e. The maximum atomic E-state index is 13.7. The highest BCUT2D eigenvalue weighted by Crippen LogP contribution is 2.62. The quantitative estimate of drug-likeness (QED) is 0.682. The maximum absolute atomic E-state index is 13.7. The summed E-state index contributed by atoms with van der Waals surface area (Å²) in [7, 11) is 1.69. The molecule has 0 aromatic heterocycles. The molecule has 1 aromatic carbocycles. The van der Waals surface area contributed by atoms with Gasteiger partial charge < -0.3 is 4.74 Å². The number of aryl methyl sites for hydroxylation is 1. The molecule has 1 nitrogen and oxygen atoms in total. The van der Waals surface area contributed by atoms with Gasteiger partial charge in [-0.2, -0.15) is 0 Å². The Morgan fingerprint density at radius 1 is 1.25 bits per heavy atom. The monoisotopic (exact) mass is 333 g/mol. The number of hydrogen-bond acceptors (Lipinski definition) is 1. The molecule has 3 aliphatic rings. The van der Waals surface area contributed by atoms with E-state index < -0.39 is 12.3 Å². The number of ether oxygens (including phenoxy) is 1. The van der Waals surface area contributed by atoms with Crippen LogP contribution in [0.25, 0.3) is 0 Å². The van der Waals surface area contributed by atoms with Crippen molar-refractivity contribution < 1.29 is 13.5 Å². The fourth-order valence-corrected chi connectivity index (χ4v) is 6.25. The molecule has 4 rings (SSSR count). The summed E-state index contributed by atoms with van der Waals surface area (Å²) in [5.74, 6) is 1.93. The van der Waals surface area contributed by atoms with Crippen molar-refractivity contribution in [3.63, 3.8) is 0 Å². The van der Waals surface area contributed by atoms with Crippen LogP contribution in [-0.4, -0.2) is 13.5 Å². The van der Waals surface area contributed by atoms with Crippen LogP contribution in [0.4, 0.5) is 8.78 Å². The molecule has 0 heterocycles. The SMILES string of the molecule is COc1[c]cc2c(c1)[C@H]1CC[C@]3(C)C(C(F)F)CCC[C@H]3[C@@H]1CC2. The van der Waals surface area contributed by atoms with Gasteiger partial charge in [0.15, 0.2) is 0 Å². The molecule has 5 atom stereocenters. The summed E-state index contributed by atoms with van der Waals surface area (Å²) >= 11 is 0. The fraction of sp³-hybridized carbons (Fsp3) is 0.714. The summed E-state index contributed by atoms with van der Waals surface area (Å²) in [4.78, 5) is 0. The van der Waals surface area contributed by atoms with Gasteiger partial charge in [0.1, 0.15) is 5.75 Å². The Bertz CT molecular complexity index is 614. The average Bonchev–Trinajstić information content (AvgIpc) is 2.59. The van der Waals surface area contributed by atoms with Crippen molar-refractivity contribution in [2.75, 3.05) is 7.11 Å². The van der Waals surface area contributed by atoms with Gasteiger partial charge in [-0.1, -0.05) is 13.3 Å². The summed E-state index contributed by atoms with van der Waals surface area (Å²) in [6, 6.07) is 7.45. The second-order valence-electron chi connectivity index (χ2n) is 8.31. The maximum Gasteiger partial charge on any atom is 0.241 e. The summed E-state index contributed by atoms with van der Waals surface area (Å²) < 4.78 is 32.7. The second kappa shape index (κ2) is 6.00. The molecule has 0 amide bonds. The molecule has 0 saturated heterocycles. The van der Waals surface area contributed by atoms with E-state index in [0.29, 0.717) is 24.2 Å². The standard InChI is InChI=1S/C21H27F2O/c1-21-11-10-15-16(18(21)4-3-5-19(21)20(22)23)9-7-13-6-8-14(24-2)12-17(13)15/h6,12,15-16,18-20H,3-5,7,9-11H2,1-2H3/t15-,16+,18-,19?,21-/m0/s1. The topological polar surface area (TPSA) is 9.23 Å². The largest absolute Gasteiger partial charge is 0.496 e. The first kappa shape index (κ1) is 16.4. The van der Waals surface area contributed by atoms with E-state index in [4.69, 9.17) is 4.74 Å². The lowest BCUT2D eigenvalue weighted by Gasteiger charge is -2.57. The third-order valence-electron chi connectivity index (χ3n) is 7.47. The summed E-state index contributed by atoms with van der Waals surface area (Å²) in [5.41, 5.74) is 2.63. The molecule has 0 aliphatic heterocycles. The van der Waals surface area contributed by atoms with Crippen molar-refractivity contribution in [3.8, 4) is 5.75 Å². The van der Waals surface area contributed by atoms with Crippen LogP contribution in [0, 0.1) is 29.2 Å². The molecule has 2 fully saturated rings. The van der Waals surface area contributed by atoms with Gasteiger partial charge in [0.25, 0.3) is 0 Å². The van der Waals surface area contributed by atoms with Crippen molar-refractivity contribution in [2.24, 2.45) is 23.2 Å². The molecule has 3 aliphatic carbocycles. The zero-order valence-electron chi connectivity index (χ0n) is 14.7. The Labute approximate surface area is 143 Å². The number of rotatable bonds is 2. The van der Waals surface area contributed by atoms with Crippen molar-refractivity contribution in [1.29, 1.82) is 0 Å². The van der Waals surface area contributed by atoms with E-state index in [9.17, 15) is 8.78 Å². The van der Waals surface area contributed by atoms with Gasteiger partial charge in [-0.25, -0.2) is 8.78 Å². The van der Waals surface area contributed by atoms with Crippen molar-refractivity contribution in [1.82, 2.24) is 0 Å². The molecular formula is C21H27F2O. The Morgan fingerprint density at radius 3 is 2.83 bits per heavy atom. The van der Waals surface area contributed by atoms with Crippen LogP contribution in [0.3, 0.4) is 0 Å². The van der Waals surface area contributed by atoms with E-state index >= 15 is 0 Å². The molecular weight excluding hydrogens is 306 g/mol. The number of fused-ring (bicyclic) bond motifs is 5. The summed E-state index contributed by atoms with van der Waals surface area (Å²) in [6.45, 7) is 2.17. The van der Waals surface area contributed by atoms with E-state index in [1.165, 1.54) is 11.1 Å². The molecule has 24 heavy (non-hydrogen) atoms. The predicted molar refractivity (Wildman–Crippen MR) is 90.6 cm³/mol. The minimum atomic E-state index is -2.17. The molecule has 1 radical (unpaired) electrons. The molecule has 0 N–H and O–H groups in total. The van der Waals surface area contributed by atoms with E-state index in [1.54, 1.807) is 7.11 Å². The van der Waals surface area contributed by atoms with Gasteiger partial charge in [0, 0.05) is 12.0 Å². The first-order valence-corrected chi connectivity index (χ1v) is 9.41. The fourth-order valence-electron chi connectivity index (χ4n) is 6.25. The Morgan fingerprint density at radius 2 is 2.08 bits per heavy atom. The highest BCUT2D eigenvalue weighted by molar-refractivity contribution is 5.40. The first-order chi connectivity index (χ1) is 11.5. The second-order valence-corrected chi connectivity index (χ2v) is 8.31. The summed E-state index contributed by atoms with van der Waals surface area (Å²) in [6.07, 6.45) is 4.83. The summed E-state index contributed by atoms with van der Waals surface area (Å²) in [5, 5.41) is 0. The highest BCUT2D eigenvalue weighted by Gasteiger charge is 2.54. The van der Waals surface area contributed by atoms with Crippen molar-refractivity contribution in [3.05, 3.63) is 29.3 Å². The van der Waals surface area contributed by atoms with Crippen LogP contribution in [0.15, 0.2) is 12.1 Å². The molecule has 1 aromatic rings. The third-order valence-corrected chi connectivity index (χ3v) is 7.47. The van der Waals surface area contributed by atoms with Gasteiger partial charge in [0.2, 0.25) is 6.43 Å². The van der Waals surface area contributed by atoms with Crippen LogP contribution in [-0.2, 0) is 6.42 Å². The van der Waals surface area contributed by atoms with Crippen LogP contribution in [0.1, 0.15) is 62.5 Å². The molecule has 1 unspecified atom stereocenters. The molecule has 2 saturated carbocycles. The predicted octanol–water partition coefficient (Wildman–Crippen LogP) is 5.62. The number of benzene rings is 1. The van der Waals surface area contributed by atoms with Crippen LogP contribution >= 0.6 is 0 Å². The zero-order chi connectivity index (χ0) is 16.9. The van der Waals surface area contributed by atoms with Gasteiger partial charge in [-0.05, 0) is 85.0 Å². The Balaban J connectivity index is 1.68. The molecule has 0 bridgehead atoms. The lowest BCUT2D eigenvalue weighted by atomic mass is 9.48. The highest BCUT2D eigenvalue weighted by atomic mass is 19.3. The minimum Gasteiger partial charge on any atom is -0.496 e. The number of hydrogen-bond donors (Lipinski definition) is 0. The van der Waals surface area contributed by atoms with E-state index in [0.717, 1.165) is 44.3 Å².